The minimum Gasteiger partial charge on any atom is -0.396 e. The van der Waals surface area contributed by atoms with Crippen molar-refractivity contribution in [2.24, 2.45) is 46.8 Å². The van der Waals surface area contributed by atoms with Gasteiger partial charge >= 0.3 is 0 Å². The van der Waals surface area contributed by atoms with E-state index in [4.69, 9.17) is 0 Å². The molecular weight excluding hydrogens is 256 g/mol. The number of aliphatic hydroxyl groups excluding tert-OH is 1. The van der Waals surface area contributed by atoms with E-state index in [2.05, 4.69) is 13.8 Å². The molecule has 0 aromatic rings. The molecule has 21 heavy (non-hydrogen) atoms. The molecule has 0 amide bonds. The Bertz CT molecular complexity index is 391. The molecule has 4 aliphatic carbocycles. The van der Waals surface area contributed by atoms with Gasteiger partial charge in [0.05, 0.1) is 0 Å². The molecule has 120 valence electrons. The van der Waals surface area contributed by atoms with Gasteiger partial charge in [-0.2, -0.15) is 0 Å². The van der Waals surface area contributed by atoms with Gasteiger partial charge in [-0.25, -0.2) is 0 Å². The lowest BCUT2D eigenvalue weighted by Gasteiger charge is -2.56. The number of hydrogen-bond donors (Lipinski definition) is 1. The van der Waals surface area contributed by atoms with Gasteiger partial charge in [0.25, 0.3) is 0 Å². The quantitative estimate of drug-likeness (QED) is 0.729. The number of aliphatic hydroxyl groups is 1. The molecule has 7 unspecified atom stereocenters. The Morgan fingerprint density at radius 3 is 2.52 bits per heavy atom. The summed E-state index contributed by atoms with van der Waals surface area (Å²) >= 11 is 0. The molecular formula is C20H34O. The van der Waals surface area contributed by atoms with Crippen molar-refractivity contribution >= 4 is 0 Å². The normalized spacial score (nSPS) is 56.4. The summed E-state index contributed by atoms with van der Waals surface area (Å²) in [5, 5.41) is 9.78. The van der Waals surface area contributed by atoms with Crippen molar-refractivity contribution in [3.63, 3.8) is 0 Å². The van der Waals surface area contributed by atoms with Gasteiger partial charge in [0.15, 0.2) is 0 Å². The van der Waals surface area contributed by atoms with E-state index in [0.717, 1.165) is 35.5 Å². The van der Waals surface area contributed by atoms with Crippen LogP contribution in [0.4, 0.5) is 0 Å². The molecule has 0 saturated heterocycles. The van der Waals surface area contributed by atoms with Crippen LogP contribution in [0.1, 0.15) is 71.6 Å². The molecule has 8 atom stereocenters. The van der Waals surface area contributed by atoms with Gasteiger partial charge in [0.1, 0.15) is 0 Å². The van der Waals surface area contributed by atoms with E-state index in [0.29, 0.717) is 17.9 Å². The van der Waals surface area contributed by atoms with Crippen molar-refractivity contribution in [3.05, 3.63) is 0 Å². The minimum atomic E-state index is 0.438. The smallest absolute Gasteiger partial charge is 0.0464 e. The first-order chi connectivity index (χ1) is 10.1. The molecule has 0 aliphatic heterocycles. The van der Waals surface area contributed by atoms with Crippen LogP contribution in [0.5, 0.6) is 0 Å². The third kappa shape index (κ3) is 2.13. The predicted octanol–water partition coefficient (Wildman–Crippen LogP) is 4.88. The maximum Gasteiger partial charge on any atom is 0.0464 e. The third-order valence-corrected chi connectivity index (χ3v) is 8.63. The second-order valence-electron chi connectivity index (χ2n) is 9.36. The minimum absolute atomic E-state index is 0.438. The number of fused-ring (bicyclic) bond motifs is 5. The summed E-state index contributed by atoms with van der Waals surface area (Å²) in [6.45, 7) is 5.44. The van der Waals surface area contributed by atoms with E-state index in [1.54, 1.807) is 0 Å². The fraction of sp³-hybridized carbons (Fsp3) is 1.00. The maximum absolute atomic E-state index is 9.78. The van der Waals surface area contributed by atoms with Crippen LogP contribution in [0.25, 0.3) is 0 Å². The van der Waals surface area contributed by atoms with E-state index in [9.17, 15) is 5.11 Å². The van der Waals surface area contributed by atoms with Crippen molar-refractivity contribution in [1.29, 1.82) is 0 Å². The highest BCUT2D eigenvalue weighted by atomic mass is 16.3. The second kappa shape index (κ2) is 5.25. The molecule has 0 aromatic heterocycles. The van der Waals surface area contributed by atoms with Crippen molar-refractivity contribution in [1.82, 2.24) is 0 Å². The molecule has 0 heterocycles. The Morgan fingerprint density at radius 2 is 1.71 bits per heavy atom. The summed E-state index contributed by atoms with van der Waals surface area (Å²) in [5.41, 5.74) is 0.477. The zero-order chi connectivity index (χ0) is 14.6. The van der Waals surface area contributed by atoms with Crippen LogP contribution in [0.2, 0.25) is 0 Å². The summed E-state index contributed by atoms with van der Waals surface area (Å²) in [4.78, 5) is 0. The number of hydrogen-bond acceptors (Lipinski definition) is 1. The Balaban J connectivity index is 1.55. The van der Waals surface area contributed by atoms with E-state index >= 15 is 0 Å². The van der Waals surface area contributed by atoms with Crippen molar-refractivity contribution in [2.45, 2.75) is 71.6 Å². The van der Waals surface area contributed by atoms with Gasteiger partial charge in [-0.15, -0.1) is 0 Å². The highest BCUT2D eigenvalue weighted by molar-refractivity contribution is 5.05. The van der Waals surface area contributed by atoms with Crippen molar-refractivity contribution in [2.75, 3.05) is 6.61 Å². The first-order valence-corrected chi connectivity index (χ1v) is 9.74. The lowest BCUT2D eigenvalue weighted by Crippen LogP contribution is -2.48. The highest BCUT2D eigenvalue weighted by Crippen LogP contribution is 2.64. The van der Waals surface area contributed by atoms with E-state index in [1.807, 2.05) is 0 Å². The molecule has 4 fully saturated rings. The Kier molecular flexibility index (Phi) is 3.64. The van der Waals surface area contributed by atoms with E-state index < -0.39 is 0 Å². The monoisotopic (exact) mass is 290 g/mol. The predicted molar refractivity (Wildman–Crippen MR) is 86.8 cm³/mol. The average Bonchev–Trinajstić information content (AvgIpc) is 2.83. The highest BCUT2D eigenvalue weighted by Gasteiger charge is 2.56. The summed E-state index contributed by atoms with van der Waals surface area (Å²) in [7, 11) is 0. The van der Waals surface area contributed by atoms with Crippen molar-refractivity contribution < 1.29 is 5.11 Å². The first kappa shape index (κ1) is 14.5. The van der Waals surface area contributed by atoms with Crippen LogP contribution in [0, 0.1) is 46.8 Å². The molecule has 0 radical (unpaired) electrons. The Labute approximate surface area is 130 Å². The van der Waals surface area contributed by atoms with Crippen LogP contribution in [-0.2, 0) is 0 Å². The third-order valence-electron chi connectivity index (χ3n) is 8.63. The van der Waals surface area contributed by atoms with Crippen LogP contribution >= 0.6 is 0 Å². The first-order valence-electron chi connectivity index (χ1n) is 9.74. The van der Waals surface area contributed by atoms with Gasteiger partial charge in [0, 0.05) is 6.61 Å². The molecule has 1 nitrogen and oxygen atoms in total. The van der Waals surface area contributed by atoms with Gasteiger partial charge in [-0.05, 0) is 98.2 Å². The molecule has 0 spiro atoms. The molecule has 1 heteroatoms. The standard InChI is InChI=1S/C20H34O/c1-13-3-6-16-14(11-13)4-7-18-17(16)9-10-20(2)15(12-21)5-8-19(18)20/h13-19,21H,3-12H2,1-2H3/t13?,14?,15-,16?,17?,18?,19?,20?/m1/s1. The van der Waals surface area contributed by atoms with Crippen LogP contribution in [-0.4, -0.2) is 11.7 Å². The van der Waals surface area contributed by atoms with Gasteiger partial charge < -0.3 is 5.11 Å². The SMILES string of the molecule is CC1CCC2C(CCC3C2CCC2(C)C3CC[C@@H]2CO)C1. The van der Waals surface area contributed by atoms with Gasteiger partial charge in [-0.1, -0.05) is 20.3 Å². The van der Waals surface area contributed by atoms with Crippen LogP contribution in [0.15, 0.2) is 0 Å². The van der Waals surface area contributed by atoms with E-state index in [-0.39, 0.29) is 0 Å². The fourth-order valence-corrected chi connectivity index (χ4v) is 7.50. The van der Waals surface area contributed by atoms with Crippen LogP contribution in [0.3, 0.4) is 0 Å². The fourth-order valence-electron chi connectivity index (χ4n) is 7.50. The summed E-state index contributed by atoms with van der Waals surface area (Å²) in [6.07, 6.45) is 13.2. The Morgan fingerprint density at radius 1 is 0.905 bits per heavy atom. The second-order valence-corrected chi connectivity index (χ2v) is 9.36. The largest absolute Gasteiger partial charge is 0.396 e. The summed E-state index contributed by atoms with van der Waals surface area (Å²) in [6, 6.07) is 0. The molecule has 4 aliphatic rings. The van der Waals surface area contributed by atoms with Gasteiger partial charge in [0.2, 0.25) is 0 Å². The van der Waals surface area contributed by atoms with Gasteiger partial charge in [-0.3, -0.25) is 0 Å². The average molecular weight is 290 g/mol. The molecule has 4 rings (SSSR count). The Hall–Kier alpha value is -0.0400. The topological polar surface area (TPSA) is 20.2 Å². The number of rotatable bonds is 1. The maximum atomic E-state index is 9.78. The van der Waals surface area contributed by atoms with Crippen LogP contribution < -0.4 is 0 Å². The molecule has 4 saturated carbocycles. The summed E-state index contributed by atoms with van der Waals surface area (Å²) < 4.78 is 0. The molecule has 0 bridgehead atoms. The van der Waals surface area contributed by atoms with Crippen molar-refractivity contribution in [3.8, 4) is 0 Å². The zero-order valence-corrected chi connectivity index (χ0v) is 14.1. The summed E-state index contributed by atoms with van der Waals surface area (Å²) in [5.74, 6) is 6.72. The lowest BCUT2D eigenvalue weighted by molar-refractivity contribution is -0.0722. The van der Waals surface area contributed by atoms with E-state index in [1.165, 1.54) is 57.8 Å². The zero-order valence-electron chi connectivity index (χ0n) is 14.1. The lowest BCUT2D eigenvalue weighted by atomic mass is 9.49. The molecule has 1 N–H and O–H groups in total. The molecule has 0 aromatic carbocycles.